The number of pyridine rings is 1. The number of alkyl halides is 2. The number of benzene rings is 1. The molecular formula is C23H26F3N5O. The predicted octanol–water partition coefficient (Wildman–Crippen LogP) is 5.06. The van der Waals surface area contributed by atoms with Crippen LogP contribution in [0.4, 0.5) is 19.0 Å². The van der Waals surface area contributed by atoms with Crippen LogP contribution >= 0.6 is 0 Å². The molecule has 3 heterocycles. The molecule has 1 atom stereocenters. The second kappa shape index (κ2) is 9.28. The number of hydrogen-bond donors (Lipinski definition) is 2. The smallest absolute Gasteiger partial charge is 0.266 e. The van der Waals surface area contributed by atoms with E-state index in [2.05, 4.69) is 25.6 Å². The topological polar surface area (TPSA) is 72.0 Å². The molecule has 1 aliphatic heterocycles. The first kappa shape index (κ1) is 22.3. The molecule has 0 saturated carbocycles. The highest BCUT2D eigenvalue weighted by atomic mass is 19.3. The van der Waals surface area contributed by atoms with Gasteiger partial charge in [0.25, 0.3) is 6.43 Å². The van der Waals surface area contributed by atoms with E-state index in [9.17, 15) is 13.2 Å². The summed E-state index contributed by atoms with van der Waals surface area (Å²) >= 11 is 0. The third-order valence-corrected chi connectivity index (χ3v) is 5.88. The zero-order chi connectivity index (χ0) is 22.8. The molecule has 2 aromatic heterocycles. The normalized spacial score (nSPS) is 15.8. The number of rotatable bonds is 6. The quantitative estimate of drug-likeness (QED) is 0.553. The molecule has 32 heavy (non-hydrogen) atoms. The fourth-order valence-corrected chi connectivity index (χ4v) is 4.22. The maximum atomic E-state index is 14.7. The zero-order valence-electron chi connectivity index (χ0n) is 18.3. The van der Waals surface area contributed by atoms with Gasteiger partial charge in [-0.1, -0.05) is 18.2 Å². The van der Waals surface area contributed by atoms with Gasteiger partial charge >= 0.3 is 0 Å². The Labute approximate surface area is 184 Å². The Morgan fingerprint density at radius 2 is 1.84 bits per heavy atom. The maximum absolute atomic E-state index is 14.7. The van der Waals surface area contributed by atoms with Gasteiger partial charge in [0, 0.05) is 11.1 Å². The van der Waals surface area contributed by atoms with E-state index in [0.717, 1.165) is 37.6 Å². The monoisotopic (exact) mass is 445 g/mol. The Morgan fingerprint density at radius 3 is 2.53 bits per heavy atom. The van der Waals surface area contributed by atoms with Crippen LogP contribution in [0.2, 0.25) is 0 Å². The Kier molecular flexibility index (Phi) is 6.45. The Morgan fingerprint density at radius 1 is 1.12 bits per heavy atom. The summed E-state index contributed by atoms with van der Waals surface area (Å²) in [6.45, 7) is 5.28. The van der Waals surface area contributed by atoms with Gasteiger partial charge in [-0.05, 0) is 51.8 Å². The van der Waals surface area contributed by atoms with Crippen molar-refractivity contribution >= 4 is 16.9 Å². The van der Waals surface area contributed by atoms with Crippen molar-refractivity contribution in [1.82, 2.24) is 20.3 Å². The van der Waals surface area contributed by atoms with Crippen molar-refractivity contribution in [1.29, 1.82) is 0 Å². The average molecular weight is 445 g/mol. The summed E-state index contributed by atoms with van der Waals surface area (Å²) in [5.74, 6) is 0.880. The molecule has 3 aromatic rings. The van der Waals surface area contributed by atoms with Crippen LogP contribution in [0.15, 0.2) is 24.3 Å². The lowest BCUT2D eigenvalue weighted by Gasteiger charge is -2.25. The Bertz CT molecular complexity index is 1120. The van der Waals surface area contributed by atoms with Crippen molar-refractivity contribution in [3.8, 4) is 5.88 Å². The van der Waals surface area contributed by atoms with Crippen LogP contribution in [-0.4, -0.2) is 35.2 Å². The number of nitrogens with zero attached hydrogens (tertiary/aromatic N) is 3. The number of hydrogen-bond acceptors (Lipinski definition) is 6. The molecule has 0 unspecified atom stereocenters. The highest BCUT2D eigenvalue weighted by Crippen LogP contribution is 2.36. The van der Waals surface area contributed by atoms with E-state index in [1.807, 2.05) is 6.07 Å². The number of ether oxygens (including phenoxy) is 1. The van der Waals surface area contributed by atoms with Crippen molar-refractivity contribution < 1.29 is 17.9 Å². The minimum absolute atomic E-state index is 0.146. The molecule has 1 aromatic carbocycles. The van der Waals surface area contributed by atoms with Crippen LogP contribution in [0.5, 0.6) is 5.88 Å². The van der Waals surface area contributed by atoms with Gasteiger partial charge in [0.15, 0.2) is 5.65 Å². The van der Waals surface area contributed by atoms with E-state index in [4.69, 9.17) is 4.74 Å². The van der Waals surface area contributed by atoms with Crippen molar-refractivity contribution in [2.75, 3.05) is 25.5 Å². The van der Waals surface area contributed by atoms with Crippen molar-refractivity contribution in [2.24, 2.45) is 0 Å². The molecule has 1 saturated heterocycles. The van der Waals surface area contributed by atoms with E-state index < -0.39 is 23.8 Å². The lowest BCUT2D eigenvalue weighted by molar-refractivity contribution is 0.146. The second-order valence-electron chi connectivity index (χ2n) is 8.02. The Hall–Kier alpha value is -2.94. The molecule has 0 spiro atoms. The number of aryl methyl sites for hydroxylation is 1. The van der Waals surface area contributed by atoms with E-state index in [1.165, 1.54) is 12.1 Å². The third kappa shape index (κ3) is 4.34. The lowest BCUT2D eigenvalue weighted by Crippen LogP contribution is -2.27. The number of nitrogens with one attached hydrogen (secondary N) is 2. The van der Waals surface area contributed by atoms with Crippen molar-refractivity contribution in [3.05, 3.63) is 52.6 Å². The molecule has 0 radical (unpaired) electrons. The minimum Gasteiger partial charge on any atom is -0.481 e. The van der Waals surface area contributed by atoms with Gasteiger partial charge in [-0.25, -0.2) is 23.1 Å². The van der Waals surface area contributed by atoms with E-state index in [0.29, 0.717) is 28.6 Å². The average Bonchev–Trinajstić information content (AvgIpc) is 2.78. The number of aromatic nitrogens is 3. The molecule has 2 N–H and O–H groups in total. The molecule has 0 aliphatic carbocycles. The highest BCUT2D eigenvalue weighted by Gasteiger charge is 2.24. The second-order valence-corrected chi connectivity index (χ2v) is 8.02. The van der Waals surface area contributed by atoms with Crippen LogP contribution in [0.1, 0.15) is 60.7 Å². The molecule has 0 bridgehead atoms. The number of piperidine rings is 1. The maximum Gasteiger partial charge on any atom is 0.266 e. The van der Waals surface area contributed by atoms with Gasteiger partial charge in [-0.15, -0.1) is 0 Å². The first-order valence-corrected chi connectivity index (χ1v) is 10.7. The van der Waals surface area contributed by atoms with Crippen molar-refractivity contribution in [2.45, 2.75) is 45.1 Å². The van der Waals surface area contributed by atoms with E-state index in [1.54, 1.807) is 21.0 Å². The molecule has 0 amide bonds. The largest absolute Gasteiger partial charge is 0.481 e. The van der Waals surface area contributed by atoms with Crippen molar-refractivity contribution in [3.63, 3.8) is 0 Å². The molecular weight excluding hydrogens is 419 g/mol. The number of anilines is 1. The SMILES string of the molecule is COc1nc2nc(C)nc(N[C@H](C)c3cccc(C(F)F)c3F)c2cc1C1CCNCC1. The van der Waals surface area contributed by atoms with Crippen LogP contribution < -0.4 is 15.4 Å². The van der Waals surface area contributed by atoms with Gasteiger partial charge in [-0.3, -0.25) is 0 Å². The molecule has 170 valence electrons. The van der Waals surface area contributed by atoms with Gasteiger partial charge in [-0.2, -0.15) is 4.98 Å². The zero-order valence-corrected chi connectivity index (χ0v) is 18.3. The van der Waals surface area contributed by atoms with E-state index in [-0.39, 0.29) is 11.5 Å². The van der Waals surface area contributed by atoms with Crippen LogP contribution in [0.25, 0.3) is 11.0 Å². The summed E-state index contributed by atoms with van der Waals surface area (Å²) in [5.41, 5.74) is 0.978. The number of methoxy groups -OCH3 is 1. The van der Waals surface area contributed by atoms with Crippen LogP contribution in [0, 0.1) is 12.7 Å². The van der Waals surface area contributed by atoms with Crippen LogP contribution in [0.3, 0.4) is 0 Å². The van der Waals surface area contributed by atoms with E-state index >= 15 is 0 Å². The summed E-state index contributed by atoms with van der Waals surface area (Å²) in [6.07, 6.45) is -0.962. The van der Waals surface area contributed by atoms with Crippen LogP contribution in [-0.2, 0) is 0 Å². The van der Waals surface area contributed by atoms with Gasteiger partial charge in [0.1, 0.15) is 17.5 Å². The predicted molar refractivity (Wildman–Crippen MR) is 117 cm³/mol. The lowest BCUT2D eigenvalue weighted by atomic mass is 9.90. The molecule has 9 heteroatoms. The molecule has 1 fully saturated rings. The molecule has 4 rings (SSSR count). The summed E-state index contributed by atoms with van der Waals surface area (Å²) in [5, 5.41) is 7.22. The van der Waals surface area contributed by atoms with Gasteiger partial charge in [0.05, 0.1) is 24.1 Å². The fourth-order valence-electron chi connectivity index (χ4n) is 4.22. The molecule has 6 nitrogen and oxygen atoms in total. The minimum atomic E-state index is -2.88. The first-order chi connectivity index (χ1) is 15.4. The number of fused-ring (bicyclic) bond motifs is 1. The summed E-state index contributed by atoms with van der Waals surface area (Å²) in [4.78, 5) is 13.6. The van der Waals surface area contributed by atoms with Gasteiger partial charge in [0.2, 0.25) is 5.88 Å². The summed E-state index contributed by atoms with van der Waals surface area (Å²) < 4.78 is 46.5. The first-order valence-electron chi connectivity index (χ1n) is 10.7. The fraction of sp³-hybridized carbons (Fsp3) is 0.435. The molecule has 1 aliphatic rings. The standard InChI is InChI=1S/C23H26F3N5O/c1-12(15-5-4-6-16(19(15)24)20(25)26)28-21-18-11-17(14-7-9-27-10-8-14)23(32-3)31-22(18)30-13(2)29-21/h4-6,11-12,14,20,27H,7-10H2,1-3H3,(H,28,29,30,31)/t12-/m1/s1. The summed E-state index contributed by atoms with van der Waals surface area (Å²) in [6, 6.07) is 5.41. The summed E-state index contributed by atoms with van der Waals surface area (Å²) in [7, 11) is 1.59. The van der Waals surface area contributed by atoms with Gasteiger partial charge < -0.3 is 15.4 Å². The Balaban J connectivity index is 1.76. The number of halogens is 3. The third-order valence-electron chi connectivity index (χ3n) is 5.88. The highest BCUT2D eigenvalue weighted by molar-refractivity contribution is 5.88.